The highest BCUT2D eigenvalue weighted by molar-refractivity contribution is 5.83. The van der Waals surface area contributed by atoms with Crippen molar-refractivity contribution in [2.24, 2.45) is 11.1 Å². The van der Waals surface area contributed by atoms with Crippen LogP contribution in [0.3, 0.4) is 0 Å². The third-order valence-electron chi connectivity index (χ3n) is 7.26. The number of hydrogen-bond donors (Lipinski definition) is 2. The Hall–Kier alpha value is -1.92. The van der Waals surface area contributed by atoms with E-state index in [0.717, 1.165) is 38.5 Å². The Balaban J connectivity index is 1.60. The fourth-order valence-corrected chi connectivity index (χ4v) is 4.73. The smallest absolute Gasteiger partial charge is 0.226 e. The summed E-state index contributed by atoms with van der Waals surface area (Å²) < 4.78 is 23.7. The molecule has 1 amide bonds. The van der Waals surface area contributed by atoms with Gasteiger partial charge in [-0.3, -0.25) is 4.79 Å². The van der Waals surface area contributed by atoms with Gasteiger partial charge in [0.15, 0.2) is 0 Å². The maximum absolute atomic E-state index is 13.0. The van der Waals surface area contributed by atoms with Gasteiger partial charge in [-0.2, -0.15) is 0 Å². The van der Waals surface area contributed by atoms with Gasteiger partial charge in [0.2, 0.25) is 5.91 Å². The number of amides is 1. The van der Waals surface area contributed by atoms with Crippen molar-refractivity contribution in [2.75, 3.05) is 26.8 Å². The van der Waals surface area contributed by atoms with Crippen LogP contribution >= 0.6 is 0 Å². The van der Waals surface area contributed by atoms with Gasteiger partial charge < -0.3 is 20.5 Å². The number of carbonyl (C=O) groups is 1. The molecule has 0 unspecified atom stereocenters. The van der Waals surface area contributed by atoms with Crippen LogP contribution in [0.4, 0.5) is 4.39 Å². The number of halogens is 1. The molecule has 0 saturated heterocycles. The van der Waals surface area contributed by atoms with Gasteiger partial charge in [-0.1, -0.05) is 12.1 Å². The molecule has 1 aromatic rings. The first kappa shape index (κ1) is 22.8. The molecule has 3 aliphatic carbocycles. The summed E-state index contributed by atoms with van der Waals surface area (Å²) in [6.45, 7) is 4.80. The molecule has 0 aromatic heterocycles. The Kier molecular flexibility index (Phi) is 6.88. The fraction of sp³-hybridized carbons (Fsp3) is 0.625. The number of carbonyl (C=O) groups excluding carboxylic acids is 1. The number of rotatable bonds is 9. The van der Waals surface area contributed by atoms with Crippen molar-refractivity contribution < 1.29 is 18.7 Å². The minimum absolute atomic E-state index is 0.146. The molecule has 6 heteroatoms. The molecule has 3 aliphatic rings. The van der Waals surface area contributed by atoms with E-state index >= 15 is 0 Å². The van der Waals surface area contributed by atoms with Gasteiger partial charge >= 0.3 is 0 Å². The van der Waals surface area contributed by atoms with Gasteiger partial charge in [-0.15, -0.1) is 0 Å². The molecule has 2 bridgehead atoms. The summed E-state index contributed by atoms with van der Waals surface area (Å²) in [7, 11) is 1.67. The van der Waals surface area contributed by atoms with Crippen LogP contribution in [0.2, 0.25) is 0 Å². The second kappa shape index (κ2) is 9.06. The SMILES string of the molecule is COC(C)(C)CNC(=O)C12CCC(c3ccc(OCC(=CF)CN)cc3)(CC1)CC2. The normalized spacial score (nSPS) is 26.5. The number of fused-ring (bicyclic) bond motifs is 3. The zero-order valence-corrected chi connectivity index (χ0v) is 18.4. The summed E-state index contributed by atoms with van der Waals surface area (Å²) >= 11 is 0. The van der Waals surface area contributed by atoms with Crippen molar-refractivity contribution in [3.05, 3.63) is 41.7 Å². The van der Waals surface area contributed by atoms with Crippen molar-refractivity contribution in [1.82, 2.24) is 5.32 Å². The third-order valence-corrected chi connectivity index (χ3v) is 7.26. The van der Waals surface area contributed by atoms with E-state index < -0.39 is 0 Å². The molecule has 0 heterocycles. The quantitative estimate of drug-likeness (QED) is 0.635. The molecular weight excluding hydrogens is 383 g/mol. The van der Waals surface area contributed by atoms with E-state index in [4.69, 9.17) is 15.2 Å². The summed E-state index contributed by atoms with van der Waals surface area (Å²) in [6, 6.07) is 8.14. The molecule has 0 aliphatic heterocycles. The number of nitrogens with one attached hydrogen (secondary N) is 1. The molecule has 5 nitrogen and oxygen atoms in total. The minimum Gasteiger partial charge on any atom is -0.489 e. The third kappa shape index (κ3) is 4.70. The average molecular weight is 419 g/mol. The molecule has 0 spiro atoms. The summed E-state index contributed by atoms with van der Waals surface area (Å²) in [5, 5.41) is 3.13. The Morgan fingerprint density at radius 1 is 1.17 bits per heavy atom. The lowest BCUT2D eigenvalue weighted by atomic mass is 9.51. The summed E-state index contributed by atoms with van der Waals surface area (Å²) in [5.74, 6) is 0.894. The maximum atomic E-state index is 13.0. The largest absolute Gasteiger partial charge is 0.489 e. The van der Waals surface area contributed by atoms with E-state index in [1.54, 1.807) is 7.11 Å². The summed E-state index contributed by atoms with van der Waals surface area (Å²) in [6.07, 6.45) is 6.35. The van der Waals surface area contributed by atoms with Gasteiger partial charge in [0.05, 0.1) is 11.9 Å². The predicted octanol–water partition coefficient (Wildman–Crippen LogP) is 4.01. The molecule has 0 atom stereocenters. The van der Waals surface area contributed by atoms with Crippen LogP contribution in [0.1, 0.15) is 57.9 Å². The van der Waals surface area contributed by atoms with E-state index in [9.17, 15) is 9.18 Å². The molecular formula is C24H35FN2O3. The first-order valence-corrected chi connectivity index (χ1v) is 10.8. The lowest BCUT2D eigenvalue weighted by Crippen LogP contribution is -2.53. The second-order valence-electron chi connectivity index (χ2n) is 9.49. The van der Waals surface area contributed by atoms with E-state index in [0.29, 0.717) is 24.2 Å². The molecule has 3 N–H and O–H groups in total. The number of benzene rings is 1. The number of ether oxygens (including phenoxy) is 2. The number of nitrogens with two attached hydrogens (primary N) is 1. The van der Waals surface area contributed by atoms with Crippen LogP contribution in [0.5, 0.6) is 5.75 Å². The van der Waals surface area contributed by atoms with Crippen LogP contribution in [0, 0.1) is 5.41 Å². The predicted molar refractivity (Wildman–Crippen MR) is 116 cm³/mol. The standard InChI is InChI=1S/C24H35FN2O3/c1-22(2,29-3)17-27-21(28)24-11-8-23(9-12-24,10-13-24)19-4-6-20(7-5-19)30-16-18(14-25)15-26/h4-7,14H,8-13,15-17,26H2,1-3H3,(H,27,28). The molecule has 1 aromatic carbocycles. The van der Waals surface area contributed by atoms with E-state index in [1.165, 1.54) is 5.56 Å². The van der Waals surface area contributed by atoms with Crippen LogP contribution in [0.25, 0.3) is 0 Å². The first-order valence-electron chi connectivity index (χ1n) is 10.8. The van der Waals surface area contributed by atoms with Crippen LogP contribution < -0.4 is 15.8 Å². The number of methoxy groups -OCH3 is 1. The van der Waals surface area contributed by atoms with Crippen molar-refractivity contribution >= 4 is 5.91 Å². The Bertz CT molecular complexity index is 749. The number of hydrogen-bond acceptors (Lipinski definition) is 4. The van der Waals surface area contributed by atoms with Gasteiger partial charge in [0, 0.05) is 31.2 Å². The highest BCUT2D eigenvalue weighted by Gasteiger charge is 2.52. The van der Waals surface area contributed by atoms with E-state index in [-0.39, 0.29) is 35.5 Å². The zero-order valence-electron chi connectivity index (χ0n) is 18.4. The minimum atomic E-state index is -0.353. The van der Waals surface area contributed by atoms with Crippen LogP contribution in [-0.2, 0) is 14.9 Å². The Morgan fingerprint density at radius 2 is 1.77 bits per heavy atom. The van der Waals surface area contributed by atoms with E-state index in [1.807, 2.05) is 26.0 Å². The van der Waals surface area contributed by atoms with Crippen LogP contribution in [0.15, 0.2) is 36.2 Å². The Morgan fingerprint density at radius 3 is 2.27 bits per heavy atom. The average Bonchev–Trinajstić information content (AvgIpc) is 2.79. The topological polar surface area (TPSA) is 73.6 Å². The zero-order chi connectivity index (χ0) is 21.8. The second-order valence-corrected chi connectivity index (χ2v) is 9.49. The lowest BCUT2D eigenvalue weighted by molar-refractivity contribution is -0.139. The van der Waals surface area contributed by atoms with Crippen molar-refractivity contribution in [3.63, 3.8) is 0 Å². The van der Waals surface area contributed by atoms with Crippen molar-refractivity contribution in [2.45, 2.75) is 63.4 Å². The highest BCUT2D eigenvalue weighted by Crippen LogP contribution is 2.57. The highest BCUT2D eigenvalue weighted by atomic mass is 19.1. The summed E-state index contributed by atoms with van der Waals surface area (Å²) in [4.78, 5) is 13.0. The van der Waals surface area contributed by atoms with Crippen molar-refractivity contribution in [3.8, 4) is 5.75 Å². The molecule has 30 heavy (non-hydrogen) atoms. The lowest BCUT2D eigenvalue weighted by Gasteiger charge is -2.53. The fourth-order valence-electron chi connectivity index (χ4n) is 4.73. The van der Waals surface area contributed by atoms with Gasteiger partial charge in [-0.05, 0) is 75.5 Å². The molecule has 3 saturated carbocycles. The first-order chi connectivity index (χ1) is 14.3. The molecule has 3 fully saturated rings. The Labute approximate surface area is 179 Å². The van der Waals surface area contributed by atoms with Crippen LogP contribution in [-0.4, -0.2) is 38.3 Å². The van der Waals surface area contributed by atoms with E-state index in [2.05, 4.69) is 17.4 Å². The van der Waals surface area contributed by atoms with Gasteiger partial charge in [0.1, 0.15) is 12.4 Å². The summed E-state index contributed by atoms with van der Waals surface area (Å²) in [5.41, 5.74) is 6.77. The molecule has 166 valence electrons. The van der Waals surface area contributed by atoms with Gasteiger partial charge in [0.25, 0.3) is 0 Å². The van der Waals surface area contributed by atoms with Crippen molar-refractivity contribution in [1.29, 1.82) is 0 Å². The maximum Gasteiger partial charge on any atom is 0.226 e. The molecule has 4 rings (SSSR count). The molecule has 0 radical (unpaired) electrons. The monoisotopic (exact) mass is 418 g/mol. The van der Waals surface area contributed by atoms with Gasteiger partial charge in [-0.25, -0.2) is 4.39 Å².